The van der Waals surface area contributed by atoms with Crippen LogP contribution in [-0.4, -0.2) is 59.1 Å². The molecule has 4 amide bonds. The number of unbranched alkanes of at least 4 members (excludes halogenated alkanes) is 2. The van der Waals surface area contributed by atoms with Gasteiger partial charge in [0.05, 0.1) is 5.41 Å². The summed E-state index contributed by atoms with van der Waals surface area (Å²) in [5.41, 5.74) is 4.56. The molecule has 2 aromatic rings. The number of imide groups is 1. The monoisotopic (exact) mass is 500 g/mol. The van der Waals surface area contributed by atoms with Crippen LogP contribution in [0.5, 0.6) is 0 Å². The number of nitrogens with one attached hydrogen (secondary N) is 2. The summed E-state index contributed by atoms with van der Waals surface area (Å²) in [6.07, 6.45) is 5.55. The SMILES string of the molecule is O=C1CCC(N2Cc3c(CCCCCN4CCC5(C4)C(=O)Nc4ccccc45)cccc3C2=O)C(=O)N1. The van der Waals surface area contributed by atoms with E-state index in [0.717, 1.165) is 68.6 Å². The highest BCUT2D eigenvalue weighted by Crippen LogP contribution is 2.44. The number of aryl methyl sites for hydroxylation is 1. The minimum absolute atomic E-state index is 0.119. The lowest BCUT2D eigenvalue weighted by Crippen LogP contribution is -2.52. The maximum Gasteiger partial charge on any atom is 0.255 e. The van der Waals surface area contributed by atoms with E-state index in [1.165, 1.54) is 5.56 Å². The van der Waals surface area contributed by atoms with Gasteiger partial charge in [0.15, 0.2) is 0 Å². The number of nitrogens with zero attached hydrogens (tertiary/aromatic N) is 2. The fourth-order valence-electron chi connectivity index (χ4n) is 6.57. The molecular formula is C29H32N4O4. The van der Waals surface area contributed by atoms with E-state index in [9.17, 15) is 19.2 Å². The first-order valence-electron chi connectivity index (χ1n) is 13.3. The van der Waals surface area contributed by atoms with Gasteiger partial charge in [-0.05, 0) is 74.0 Å². The molecule has 0 aliphatic carbocycles. The molecule has 4 heterocycles. The van der Waals surface area contributed by atoms with Gasteiger partial charge in [0.2, 0.25) is 17.7 Å². The smallest absolute Gasteiger partial charge is 0.255 e. The molecule has 8 heteroatoms. The Morgan fingerprint density at radius 2 is 1.81 bits per heavy atom. The minimum Gasteiger partial charge on any atom is -0.325 e. The Morgan fingerprint density at radius 3 is 2.68 bits per heavy atom. The predicted molar refractivity (Wildman–Crippen MR) is 138 cm³/mol. The molecule has 2 atom stereocenters. The van der Waals surface area contributed by atoms with Gasteiger partial charge in [-0.2, -0.15) is 0 Å². The van der Waals surface area contributed by atoms with E-state index in [0.29, 0.717) is 18.5 Å². The van der Waals surface area contributed by atoms with Crippen LogP contribution in [0, 0.1) is 0 Å². The summed E-state index contributed by atoms with van der Waals surface area (Å²) in [5.74, 6) is -0.630. The van der Waals surface area contributed by atoms with E-state index in [2.05, 4.69) is 27.7 Å². The van der Waals surface area contributed by atoms with E-state index in [1.807, 2.05) is 30.3 Å². The third-order valence-electron chi connectivity index (χ3n) is 8.57. The quantitative estimate of drug-likeness (QED) is 0.450. The first-order chi connectivity index (χ1) is 18.0. The lowest BCUT2D eigenvalue weighted by atomic mass is 9.81. The summed E-state index contributed by atoms with van der Waals surface area (Å²) in [6, 6.07) is 13.3. The Labute approximate surface area is 216 Å². The average molecular weight is 501 g/mol. The lowest BCUT2D eigenvalue weighted by Gasteiger charge is -2.29. The van der Waals surface area contributed by atoms with Crippen LogP contribution in [0.2, 0.25) is 0 Å². The summed E-state index contributed by atoms with van der Waals surface area (Å²) in [6.45, 7) is 3.12. The molecular weight excluding hydrogens is 468 g/mol. The van der Waals surface area contributed by atoms with Crippen molar-refractivity contribution in [1.82, 2.24) is 15.1 Å². The lowest BCUT2D eigenvalue weighted by molar-refractivity contribution is -0.137. The molecule has 4 aliphatic heterocycles. The van der Waals surface area contributed by atoms with Crippen molar-refractivity contribution in [3.8, 4) is 0 Å². The zero-order chi connectivity index (χ0) is 25.6. The van der Waals surface area contributed by atoms with Crippen molar-refractivity contribution in [2.75, 3.05) is 25.0 Å². The number of hydrogen-bond acceptors (Lipinski definition) is 5. The van der Waals surface area contributed by atoms with Gasteiger partial charge >= 0.3 is 0 Å². The van der Waals surface area contributed by atoms with Crippen molar-refractivity contribution in [3.63, 3.8) is 0 Å². The number of fused-ring (bicyclic) bond motifs is 3. The highest BCUT2D eigenvalue weighted by molar-refractivity contribution is 6.07. The van der Waals surface area contributed by atoms with Gasteiger partial charge in [0.25, 0.3) is 5.91 Å². The number of anilines is 1. The van der Waals surface area contributed by atoms with Crippen molar-refractivity contribution >= 4 is 29.3 Å². The Bertz CT molecular complexity index is 1290. The van der Waals surface area contributed by atoms with Crippen molar-refractivity contribution < 1.29 is 19.2 Å². The second-order valence-electron chi connectivity index (χ2n) is 10.8. The molecule has 1 spiro atoms. The molecule has 0 aromatic heterocycles. The van der Waals surface area contributed by atoms with E-state index in [-0.39, 0.29) is 30.0 Å². The summed E-state index contributed by atoms with van der Waals surface area (Å²) < 4.78 is 0. The largest absolute Gasteiger partial charge is 0.325 e. The van der Waals surface area contributed by atoms with E-state index in [1.54, 1.807) is 4.90 Å². The van der Waals surface area contributed by atoms with E-state index >= 15 is 0 Å². The molecule has 8 nitrogen and oxygen atoms in total. The van der Waals surface area contributed by atoms with Gasteiger partial charge in [-0.25, -0.2) is 0 Å². The second-order valence-corrected chi connectivity index (χ2v) is 10.8. The predicted octanol–water partition coefficient (Wildman–Crippen LogP) is 2.76. The average Bonchev–Trinajstić information content (AvgIpc) is 3.55. The van der Waals surface area contributed by atoms with Crippen LogP contribution in [0.4, 0.5) is 5.69 Å². The van der Waals surface area contributed by atoms with Crippen LogP contribution in [0.3, 0.4) is 0 Å². The molecule has 2 fully saturated rings. The zero-order valence-electron chi connectivity index (χ0n) is 20.9. The van der Waals surface area contributed by atoms with Crippen molar-refractivity contribution in [3.05, 3.63) is 64.7 Å². The van der Waals surface area contributed by atoms with Crippen LogP contribution >= 0.6 is 0 Å². The fourth-order valence-corrected chi connectivity index (χ4v) is 6.57. The van der Waals surface area contributed by atoms with Gasteiger partial charge in [-0.15, -0.1) is 0 Å². The number of hydrogen-bond donors (Lipinski definition) is 2. The number of carbonyl (C=O) groups excluding carboxylic acids is 4. The molecule has 0 saturated carbocycles. The zero-order valence-corrected chi connectivity index (χ0v) is 20.9. The fraction of sp³-hybridized carbons (Fsp3) is 0.448. The molecule has 4 aliphatic rings. The molecule has 2 saturated heterocycles. The van der Waals surface area contributed by atoms with Crippen LogP contribution in [-0.2, 0) is 32.8 Å². The molecule has 0 bridgehead atoms. The standard InChI is InChI=1S/C29H32N4O4/c34-25-13-12-24(26(35)31-25)33-17-21-19(8-6-9-20(21)27(33)36)7-2-1-5-15-32-16-14-29(18-32)22-10-3-4-11-23(22)30-28(29)37/h3-4,6,8-11,24H,1-2,5,7,12-18H2,(H,30,37)(H,31,34,35). The van der Waals surface area contributed by atoms with E-state index < -0.39 is 11.5 Å². The number of rotatable bonds is 7. The highest BCUT2D eigenvalue weighted by atomic mass is 16.2. The Hall–Kier alpha value is -3.52. The second kappa shape index (κ2) is 9.41. The number of benzene rings is 2. The van der Waals surface area contributed by atoms with E-state index in [4.69, 9.17) is 0 Å². The topological polar surface area (TPSA) is 98.8 Å². The Kier molecular flexibility index (Phi) is 6.07. The number of amides is 4. The molecule has 37 heavy (non-hydrogen) atoms. The molecule has 2 aromatic carbocycles. The Morgan fingerprint density at radius 1 is 0.946 bits per heavy atom. The Balaban J connectivity index is 1.01. The van der Waals surface area contributed by atoms with Crippen LogP contribution in [0.25, 0.3) is 0 Å². The molecule has 2 unspecified atom stereocenters. The first-order valence-corrected chi connectivity index (χ1v) is 13.3. The van der Waals surface area contributed by atoms with Crippen LogP contribution < -0.4 is 10.6 Å². The van der Waals surface area contributed by atoms with Gasteiger partial charge < -0.3 is 15.1 Å². The van der Waals surface area contributed by atoms with Gasteiger partial charge in [-0.1, -0.05) is 36.8 Å². The van der Waals surface area contributed by atoms with Gasteiger partial charge in [-0.3, -0.25) is 24.5 Å². The molecule has 0 radical (unpaired) electrons. The van der Waals surface area contributed by atoms with Gasteiger partial charge in [0.1, 0.15) is 6.04 Å². The number of para-hydroxylation sites is 1. The number of likely N-dealkylation sites (tertiary alicyclic amines) is 1. The number of carbonyl (C=O) groups is 4. The third-order valence-corrected chi connectivity index (χ3v) is 8.57. The maximum absolute atomic E-state index is 13.0. The maximum atomic E-state index is 13.0. The summed E-state index contributed by atoms with van der Waals surface area (Å²) >= 11 is 0. The van der Waals surface area contributed by atoms with Crippen molar-refractivity contribution in [2.45, 2.75) is 62.9 Å². The van der Waals surface area contributed by atoms with Crippen LogP contribution in [0.1, 0.15) is 65.6 Å². The molecule has 192 valence electrons. The highest BCUT2D eigenvalue weighted by Gasteiger charge is 2.50. The number of piperidine rings is 1. The normalized spacial score (nSPS) is 25.0. The summed E-state index contributed by atoms with van der Waals surface area (Å²) in [4.78, 5) is 53.7. The minimum atomic E-state index is -0.580. The van der Waals surface area contributed by atoms with Gasteiger partial charge in [0, 0.05) is 30.8 Å². The third kappa shape index (κ3) is 4.13. The first kappa shape index (κ1) is 23.9. The van der Waals surface area contributed by atoms with Crippen LogP contribution in [0.15, 0.2) is 42.5 Å². The molecule has 2 N–H and O–H groups in total. The molecule has 6 rings (SSSR count). The summed E-state index contributed by atoms with van der Waals surface area (Å²) in [5, 5.41) is 5.43. The van der Waals surface area contributed by atoms with Crippen molar-refractivity contribution in [1.29, 1.82) is 0 Å². The van der Waals surface area contributed by atoms with Crippen molar-refractivity contribution in [2.24, 2.45) is 0 Å². The summed E-state index contributed by atoms with van der Waals surface area (Å²) in [7, 11) is 0.